The first-order valence-electron chi connectivity index (χ1n) is 6.29. The fourth-order valence-corrected chi connectivity index (χ4v) is 1.55. The molecular formula is C13H19N3O4. The standard InChI is InChI=1S/C13H19N3O4/c1-4-20-11(17)8-9(2)15-13(18)16-10-6-5-7-14-12(10)19-3/h5-7,9H,4,8H2,1-3H3,(H2,15,16,18)/t9-/m1/s1. The van der Waals surface area contributed by atoms with E-state index < -0.39 is 6.03 Å². The Labute approximate surface area is 117 Å². The van der Waals surface area contributed by atoms with Gasteiger partial charge >= 0.3 is 12.0 Å². The number of ether oxygens (including phenoxy) is 2. The lowest BCUT2D eigenvalue weighted by Crippen LogP contribution is -2.37. The van der Waals surface area contributed by atoms with Gasteiger partial charge in [0.05, 0.1) is 20.1 Å². The van der Waals surface area contributed by atoms with E-state index in [4.69, 9.17) is 9.47 Å². The van der Waals surface area contributed by atoms with Crippen molar-refractivity contribution in [1.29, 1.82) is 0 Å². The van der Waals surface area contributed by atoms with Crippen molar-refractivity contribution in [1.82, 2.24) is 10.3 Å². The van der Waals surface area contributed by atoms with Crippen LogP contribution in [0.5, 0.6) is 5.88 Å². The molecule has 0 unspecified atom stereocenters. The molecule has 0 fully saturated rings. The Morgan fingerprint density at radius 1 is 1.45 bits per heavy atom. The average Bonchev–Trinajstić information content (AvgIpc) is 2.39. The summed E-state index contributed by atoms with van der Waals surface area (Å²) in [7, 11) is 1.47. The first kappa shape index (κ1) is 15.7. The zero-order valence-electron chi connectivity index (χ0n) is 11.8. The lowest BCUT2D eigenvalue weighted by atomic mass is 10.2. The third kappa shape index (κ3) is 5.13. The zero-order valence-corrected chi connectivity index (χ0v) is 11.8. The summed E-state index contributed by atoms with van der Waals surface area (Å²) >= 11 is 0. The number of rotatable bonds is 6. The number of hydrogen-bond donors (Lipinski definition) is 2. The van der Waals surface area contributed by atoms with E-state index in [1.54, 1.807) is 32.2 Å². The molecule has 1 aromatic rings. The monoisotopic (exact) mass is 281 g/mol. The first-order valence-corrected chi connectivity index (χ1v) is 6.29. The van der Waals surface area contributed by atoms with Crippen LogP contribution in [0, 0.1) is 0 Å². The SMILES string of the molecule is CCOC(=O)C[C@@H](C)NC(=O)Nc1cccnc1OC. The van der Waals surface area contributed by atoms with Crippen molar-refractivity contribution < 1.29 is 19.1 Å². The van der Waals surface area contributed by atoms with Crippen LogP contribution in [0.15, 0.2) is 18.3 Å². The quantitative estimate of drug-likeness (QED) is 0.772. The molecule has 1 heterocycles. The highest BCUT2D eigenvalue weighted by Crippen LogP contribution is 2.19. The Morgan fingerprint density at radius 2 is 2.20 bits per heavy atom. The molecule has 0 aliphatic carbocycles. The number of pyridine rings is 1. The molecule has 0 aromatic carbocycles. The fraction of sp³-hybridized carbons (Fsp3) is 0.462. The third-order valence-electron chi connectivity index (χ3n) is 2.37. The Balaban J connectivity index is 2.49. The van der Waals surface area contributed by atoms with Crippen molar-refractivity contribution in [3.63, 3.8) is 0 Å². The van der Waals surface area contributed by atoms with Crippen molar-refractivity contribution in [2.75, 3.05) is 19.0 Å². The second-order valence-corrected chi connectivity index (χ2v) is 4.07. The van der Waals surface area contributed by atoms with E-state index in [0.717, 1.165) is 0 Å². The highest BCUT2D eigenvalue weighted by Gasteiger charge is 2.14. The van der Waals surface area contributed by atoms with Crippen LogP contribution in [0.4, 0.5) is 10.5 Å². The van der Waals surface area contributed by atoms with E-state index in [0.29, 0.717) is 18.2 Å². The maximum Gasteiger partial charge on any atom is 0.319 e. The topological polar surface area (TPSA) is 89.5 Å². The van der Waals surface area contributed by atoms with Crippen LogP contribution in [-0.2, 0) is 9.53 Å². The van der Waals surface area contributed by atoms with Gasteiger partial charge in [0, 0.05) is 12.2 Å². The maximum absolute atomic E-state index is 11.8. The van der Waals surface area contributed by atoms with Gasteiger partial charge in [0.25, 0.3) is 0 Å². The molecule has 0 aliphatic heterocycles. The van der Waals surface area contributed by atoms with Gasteiger partial charge in [-0.1, -0.05) is 0 Å². The van der Waals surface area contributed by atoms with Crippen LogP contribution < -0.4 is 15.4 Å². The van der Waals surface area contributed by atoms with Crippen molar-refractivity contribution >= 4 is 17.7 Å². The van der Waals surface area contributed by atoms with Gasteiger partial charge in [-0.2, -0.15) is 0 Å². The molecule has 1 aromatic heterocycles. The van der Waals surface area contributed by atoms with Crippen LogP contribution in [0.3, 0.4) is 0 Å². The summed E-state index contributed by atoms with van der Waals surface area (Å²) in [5.41, 5.74) is 0.454. The van der Waals surface area contributed by atoms with E-state index in [-0.39, 0.29) is 18.4 Å². The summed E-state index contributed by atoms with van der Waals surface area (Å²) in [4.78, 5) is 27.0. The number of carbonyl (C=O) groups is 2. The van der Waals surface area contributed by atoms with E-state index in [1.807, 2.05) is 0 Å². The second kappa shape index (κ2) is 7.98. The van der Waals surface area contributed by atoms with Gasteiger partial charge in [-0.05, 0) is 26.0 Å². The minimum absolute atomic E-state index is 0.117. The lowest BCUT2D eigenvalue weighted by molar-refractivity contribution is -0.143. The van der Waals surface area contributed by atoms with E-state index >= 15 is 0 Å². The predicted octanol–water partition coefficient (Wildman–Crippen LogP) is 1.55. The summed E-state index contributed by atoms with van der Waals surface area (Å²) in [5, 5.41) is 5.24. The fourth-order valence-electron chi connectivity index (χ4n) is 1.55. The molecule has 1 atom stereocenters. The highest BCUT2D eigenvalue weighted by molar-refractivity contribution is 5.90. The first-order chi connectivity index (χ1) is 9.56. The van der Waals surface area contributed by atoms with Gasteiger partial charge in [-0.3, -0.25) is 4.79 Å². The largest absolute Gasteiger partial charge is 0.480 e. The number of urea groups is 1. The van der Waals surface area contributed by atoms with Crippen LogP contribution in [0.25, 0.3) is 0 Å². The minimum Gasteiger partial charge on any atom is -0.480 e. The molecule has 7 heteroatoms. The van der Waals surface area contributed by atoms with Crippen molar-refractivity contribution in [3.8, 4) is 5.88 Å². The van der Waals surface area contributed by atoms with Gasteiger partial charge in [0.2, 0.25) is 5.88 Å². The molecule has 0 saturated carbocycles. The molecular weight excluding hydrogens is 262 g/mol. The number of esters is 1. The van der Waals surface area contributed by atoms with Crippen LogP contribution in [0.1, 0.15) is 20.3 Å². The van der Waals surface area contributed by atoms with E-state index in [9.17, 15) is 9.59 Å². The normalized spacial score (nSPS) is 11.3. The van der Waals surface area contributed by atoms with Gasteiger partial charge < -0.3 is 20.1 Å². The van der Waals surface area contributed by atoms with E-state index in [2.05, 4.69) is 15.6 Å². The summed E-state index contributed by atoms with van der Waals surface area (Å²) < 4.78 is 9.83. The van der Waals surface area contributed by atoms with Crippen LogP contribution in [-0.4, -0.2) is 36.7 Å². The molecule has 0 bridgehead atoms. The van der Waals surface area contributed by atoms with Crippen molar-refractivity contribution in [2.24, 2.45) is 0 Å². The summed E-state index contributed by atoms with van der Waals surface area (Å²) in [6.07, 6.45) is 1.68. The number of carbonyl (C=O) groups excluding carboxylic acids is 2. The molecule has 0 spiro atoms. The molecule has 2 N–H and O–H groups in total. The number of amides is 2. The summed E-state index contributed by atoms with van der Waals surface area (Å²) in [6.45, 7) is 3.78. The molecule has 20 heavy (non-hydrogen) atoms. The molecule has 110 valence electrons. The number of anilines is 1. The average molecular weight is 281 g/mol. The van der Waals surface area contributed by atoms with Crippen molar-refractivity contribution in [2.45, 2.75) is 26.3 Å². The van der Waals surface area contributed by atoms with Crippen LogP contribution in [0.2, 0.25) is 0 Å². The Bertz CT molecular complexity index is 465. The number of nitrogens with zero attached hydrogens (tertiary/aromatic N) is 1. The molecule has 1 rings (SSSR count). The smallest absolute Gasteiger partial charge is 0.319 e. The number of aromatic nitrogens is 1. The summed E-state index contributed by atoms with van der Waals surface area (Å²) in [6, 6.07) is 2.58. The van der Waals surface area contributed by atoms with Crippen LogP contribution >= 0.6 is 0 Å². The molecule has 7 nitrogen and oxygen atoms in total. The third-order valence-corrected chi connectivity index (χ3v) is 2.37. The van der Waals surface area contributed by atoms with Gasteiger partial charge in [-0.15, -0.1) is 0 Å². The highest BCUT2D eigenvalue weighted by atomic mass is 16.5. The predicted molar refractivity (Wildman–Crippen MR) is 73.7 cm³/mol. The van der Waals surface area contributed by atoms with Gasteiger partial charge in [0.15, 0.2) is 0 Å². The minimum atomic E-state index is -0.437. The molecule has 0 saturated heterocycles. The maximum atomic E-state index is 11.8. The van der Waals surface area contributed by atoms with E-state index in [1.165, 1.54) is 7.11 Å². The Hall–Kier alpha value is -2.31. The zero-order chi connectivity index (χ0) is 15.0. The molecule has 0 aliphatic rings. The Kier molecular flexibility index (Phi) is 6.28. The second-order valence-electron chi connectivity index (χ2n) is 4.07. The van der Waals surface area contributed by atoms with Gasteiger partial charge in [-0.25, -0.2) is 9.78 Å². The number of methoxy groups -OCH3 is 1. The molecule has 2 amide bonds. The number of hydrogen-bond acceptors (Lipinski definition) is 5. The Morgan fingerprint density at radius 3 is 2.85 bits per heavy atom. The molecule has 0 radical (unpaired) electrons. The lowest BCUT2D eigenvalue weighted by Gasteiger charge is -2.14. The summed E-state index contributed by atoms with van der Waals surface area (Å²) in [5.74, 6) is -0.0278. The number of nitrogens with one attached hydrogen (secondary N) is 2. The van der Waals surface area contributed by atoms with Crippen molar-refractivity contribution in [3.05, 3.63) is 18.3 Å². The van der Waals surface area contributed by atoms with Gasteiger partial charge in [0.1, 0.15) is 5.69 Å².